The van der Waals surface area contributed by atoms with E-state index in [9.17, 15) is 12.8 Å². The lowest BCUT2D eigenvalue weighted by Gasteiger charge is -2.10. The van der Waals surface area contributed by atoms with Gasteiger partial charge in [-0.3, -0.25) is 4.72 Å². The molecule has 0 radical (unpaired) electrons. The number of nitrogen functional groups attached to an aromatic ring is 1. The van der Waals surface area contributed by atoms with E-state index in [0.29, 0.717) is 5.02 Å². The van der Waals surface area contributed by atoms with E-state index in [0.717, 1.165) is 6.07 Å². The number of aromatic nitrogens is 1. The van der Waals surface area contributed by atoms with E-state index in [4.69, 9.17) is 17.3 Å². The molecule has 0 aliphatic rings. The number of nitrogens with one attached hydrogen (secondary N) is 1. The molecule has 1 aromatic heterocycles. The molecule has 0 spiro atoms. The van der Waals surface area contributed by atoms with Crippen LogP contribution < -0.4 is 10.5 Å². The lowest BCUT2D eigenvalue weighted by Crippen LogP contribution is -2.15. The van der Waals surface area contributed by atoms with Gasteiger partial charge < -0.3 is 5.73 Å². The Balaban J connectivity index is 2.41. The molecule has 2 rings (SSSR count). The normalized spacial score (nSPS) is 11.3. The first-order chi connectivity index (χ1) is 9.29. The molecule has 0 aliphatic carbocycles. The van der Waals surface area contributed by atoms with Gasteiger partial charge in [0.2, 0.25) is 0 Å². The van der Waals surface area contributed by atoms with Crippen LogP contribution in [-0.2, 0) is 10.0 Å². The summed E-state index contributed by atoms with van der Waals surface area (Å²) >= 11 is 5.74. The topological polar surface area (TPSA) is 85.1 Å². The van der Waals surface area contributed by atoms with Crippen molar-refractivity contribution >= 4 is 33.1 Å². The van der Waals surface area contributed by atoms with Gasteiger partial charge in [-0.05, 0) is 25.1 Å². The molecule has 1 heterocycles. The molecule has 0 saturated carbocycles. The van der Waals surface area contributed by atoms with Crippen LogP contribution in [0.1, 0.15) is 5.56 Å². The summed E-state index contributed by atoms with van der Waals surface area (Å²) in [5.74, 6) is -0.651. The third-order valence-electron chi connectivity index (χ3n) is 2.63. The number of nitrogens with two attached hydrogens (primary N) is 1. The Bertz CT molecular complexity index is 742. The van der Waals surface area contributed by atoms with Crippen molar-refractivity contribution in [3.8, 4) is 0 Å². The molecule has 0 atom stereocenters. The molecule has 0 saturated heterocycles. The molecule has 5 nitrogen and oxygen atoms in total. The summed E-state index contributed by atoms with van der Waals surface area (Å²) in [6.45, 7) is 1.47. The van der Waals surface area contributed by atoms with Gasteiger partial charge in [-0.1, -0.05) is 11.6 Å². The smallest absolute Gasteiger partial charge is 0.263 e. The second-order valence-electron chi connectivity index (χ2n) is 4.08. The highest BCUT2D eigenvalue weighted by Gasteiger charge is 2.18. The number of sulfonamides is 1. The minimum Gasteiger partial charge on any atom is -0.398 e. The second kappa shape index (κ2) is 5.26. The summed E-state index contributed by atoms with van der Waals surface area (Å²) in [6.07, 6.45) is 1.35. The van der Waals surface area contributed by atoms with E-state index in [2.05, 4.69) is 9.71 Å². The first kappa shape index (κ1) is 14.5. The molecular weight excluding hydrogens is 305 g/mol. The number of hydrogen-bond donors (Lipinski definition) is 2. The zero-order valence-corrected chi connectivity index (χ0v) is 12.0. The lowest BCUT2D eigenvalue weighted by atomic mass is 10.2. The Kier molecular flexibility index (Phi) is 3.82. The maximum absolute atomic E-state index is 13.6. The molecule has 0 unspecified atom stereocenters. The Morgan fingerprint density at radius 1 is 1.35 bits per heavy atom. The maximum atomic E-state index is 13.6. The molecule has 20 heavy (non-hydrogen) atoms. The van der Waals surface area contributed by atoms with Crippen LogP contribution in [0.4, 0.5) is 15.9 Å². The fraction of sp³-hybridized carbons (Fsp3) is 0.0833. The molecule has 106 valence electrons. The largest absolute Gasteiger partial charge is 0.398 e. The Labute approximate surface area is 120 Å². The van der Waals surface area contributed by atoms with Crippen molar-refractivity contribution in [1.29, 1.82) is 0 Å². The van der Waals surface area contributed by atoms with Crippen molar-refractivity contribution in [3.63, 3.8) is 0 Å². The van der Waals surface area contributed by atoms with Crippen LogP contribution in [0.5, 0.6) is 0 Å². The van der Waals surface area contributed by atoms with Gasteiger partial charge in [-0.2, -0.15) is 0 Å². The molecule has 0 bridgehead atoms. The van der Waals surface area contributed by atoms with E-state index in [1.807, 2.05) is 0 Å². The van der Waals surface area contributed by atoms with Crippen molar-refractivity contribution in [1.82, 2.24) is 4.98 Å². The zero-order chi connectivity index (χ0) is 14.9. The average Bonchev–Trinajstić information content (AvgIpc) is 2.34. The second-order valence-corrected chi connectivity index (χ2v) is 6.20. The molecular formula is C12H11ClFN3O2S. The van der Waals surface area contributed by atoms with Crippen LogP contribution in [0.15, 0.2) is 35.4 Å². The van der Waals surface area contributed by atoms with Crippen LogP contribution in [0, 0.1) is 12.7 Å². The first-order valence-corrected chi connectivity index (χ1v) is 7.36. The quantitative estimate of drug-likeness (QED) is 0.852. The van der Waals surface area contributed by atoms with Crippen molar-refractivity contribution in [2.45, 2.75) is 11.8 Å². The molecule has 0 aliphatic heterocycles. The van der Waals surface area contributed by atoms with Crippen LogP contribution in [-0.4, -0.2) is 13.4 Å². The summed E-state index contributed by atoms with van der Waals surface area (Å²) in [4.78, 5) is 3.54. The third kappa shape index (κ3) is 3.00. The van der Waals surface area contributed by atoms with Gasteiger partial charge in [0.25, 0.3) is 10.0 Å². The van der Waals surface area contributed by atoms with Crippen molar-refractivity contribution in [2.24, 2.45) is 0 Å². The van der Waals surface area contributed by atoms with E-state index in [1.165, 1.54) is 31.3 Å². The lowest BCUT2D eigenvalue weighted by molar-refractivity contribution is 0.593. The van der Waals surface area contributed by atoms with Gasteiger partial charge in [-0.15, -0.1) is 0 Å². The predicted molar refractivity (Wildman–Crippen MR) is 75.6 cm³/mol. The molecule has 2 aromatic rings. The van der Waals surface area contributed by atoms with Gasteiger partial charge in [0.05, 0.1) is 4.90 Å². The minimum atomic E-state index is -3.98. The summed E-state index contributed by atoms with van der Waals surface area (Å²) in [7, 11) is -3.98. The van der Waals surface area contributed by atoms with Crippen molar-refractivity contribution < 1.29 is 12.8 Å². The van der Waals surface area contributed by atoms with Gasteiger partial charge >= 0.3 is 0 Å². The van der Waals surface area contributed by atoms with Gasteiger partial charge in [0.1, 0.15) is 11.6 Å². The summed E-state index contributed by atoms with van der Waals surface area (Å²) in [5, 5.41) is 0.326. The highest BCUT2D eigenvalue weighted by atomic mass is 35.5. The maximum Gasteiger partial charge on any atom is 0.263 e. The highest BCUT2D eigenvalue weighted by molar-refractivity contribution is 7.92. The number of nitrogens with zero attached hydrogens (tertiary/aromatic N) is 1. The highest BCUT2D eigenvalue weighted by Crippen LogP contribution is 2.23. The predicted octanol–water partition coefficient (Wildman–Crippen LogP) is 2.57. The van der Waals surface area contributed by atoms with Gasteiger partial charge in [0.15, 0.2) is 0 Å². The van der Waals surface area contributed by atoms with Crippen molar-refractivity contribution in [2.75, 3.05) is 10.5 Å². The number of halogens is 2. The van der Waals surface area contributed by atoms with Crippen LogP contribution in [0.3, 0.4) is 0 Å². The SMILES string of the molecule is Cc1c(N)cc(S(=O)(=O)Nc2cc(Cl)ccn2)cc1F. The van der Waals surface area contributed by atoms with E-state index >= 15 is 0 Å². The molecule has 3 N–H and O–H groups in total. The Morgan fingerprint density at radius 2 is 2.05 bits per heavy atom. The van der Waals surface area contributed by atoms with E-state index in [-0.39, 0.29) is 22.0 Å². The minimum absolute atomic E-state index is 0.0389. The molecule has 8 heteroatoms. The van der Waals surface area contributed by atoms with E-state index in [1.54, 1.807) is 0 Å². The summed E-state index contributed by atoms with van der Waals surface area (Å²) < 4.78 is 40.0. The summed E-state index contributed by atoms with van der Waals surface area (Å²) in [6, 6.07) is 4.93. The third-order valence-corrected chi connectivity index (χ3v) is 4.20. The fourth-order valence-corrected chi connectivity index (χ4v) is 2.69. The fourth-order valence-electron chi connectivity index (χ4n) is 1.49. The number of rotatable bonds is 3. The zero-order valence-electron chi connectivity index (χ0n) is 10.4. The van der Waals surface area contributed by atoms with Gasteiger partial charge in [0, 0.05) is 28.5 Å². The number of anilines is 2. The van der Waals surface area contributed by atoms with Crippen LogP contribution >= 0.6 is 11.6 Å². The Hall–Kier alpha value is -1.86. The monoisotopic (exact) mass is 315 g/mol. The average molecular weight is 316 g/mol. The molecule has 0 fully saturated rings. The first-order valence-electron chi connectivity index (χ1n) is 5.49. The van der Waals surface area contributed by atoms with Gasteiger partial charge in [-0.25, -0.2) is 17.8 Å². The van der Waals surface area contributed by atoms with Crippen molar-refractivity contribution in [3.05, 3.63) is 46.9 Å². The molecule has 1 aromatic carbocycles. The number of pyridine rings is 1. The number of hydrogen-bond acceptors (Lipinski definition) is 4. The van der Waals surface area contributed by atoms with Crippen LogP contribution in [0.25, 0.3) is 0 Å². The number of benzene rings is 1. The summed E-state index contributed by atoms with van der Waals surface area (Å²) in [5.41, 5.74) is 5.83. The molecule has 0 amide bonds. The van der Waals surface area contributed by atoms with Crippen LogP contribution in [0.2, 0.25) is 5.02 Å². The Morgan fingerprint density at radius 3 is 2.65 bits per heavy atom. The van der Waals surface area contributed by atoms with E-state index < -0.39 is 15.8 Å². The standard InChI is InChI=1S/C12H11ClFN3O2S/c1-7-10(14)5-9(6-11(7)15)20(18,19)17-12-4-8(13)2-3-16-12/h2-6H,15H2,1H3,(H,16,17).